The van der Waals surface area contributed by atoms with Gasteiger partial charge in [-0.25, -0.2) is 9.97 Å². The molecule has 0 aliphatic rings. The van der Waals surface area contributed by atoms with Crippen LogP contribution >= 0.6 is 22.7 Å². The third-order valence-corrected chi connectivity index (χ3v) is 9.93. The molecule has 9 aromatic rings. The monoisotopic (exact) mass is 534 g/mol. The lowest BCUT2D eigenvalue weighted by atomic mass is 10.0. The highest BCUT2D eigenvalue weighted by Crippen LogP contribution is 2.44. The lowest BCUT2D eigenvalue weighted by Crippen LogP contribution is -1.84. The molecule has 0 saturated carbocycles. The fourth-order valence-corrected chi connectivity index (χ4v) is 8.10. The molecule has 5 aromatic heterocycles. The summed E-state index contributed by atoms with van der Waals surface area (Å²) in [5, 5.41) is 4.76. The summed E-state index contributed by atoms with van der Waals surface area (Å²) in [6.07, 6.45) is 0. The van der Waals surface area contributed by atoms with Gasteiger partial charge < -0.3 is 4.42 Å². The fourth-order valence-electron chi connectivity index (χ4n) is 5.71. The molecular weight excluding hydrogens is 517 g/mol. The van der Waals surface area contributed by atoms with E-state index in [2.05, 4.69) is 84.9 Å². The van der Waals surface area contributed by atoms with Gasteiger partial charge in [0.1, 0.15) is 11.1 Å². The number of hydrogen-bond acceptors (Lipinski definition) is 5. The second-order valence-electron chi connectivity index (χ2n) is 9.75. The van der Waals surface area contributed by atoms with Crippen LogP contribution in [0, 0.1) is 0 Å². The maximum absolute atomic E-state index is 6.03. The molecule has 0 N–H and O–H groups in total. The fraction of sp³-hybridized carbons (Fsp3) is 0. The van der Waals surface area contributed by atoms with E-state index in [0.29, 0.717) is 0 Å². The SMILES string of the molecule is c1ccc2c(c1)oc1ccc(-c3cccc4c3sc3c(-c5ccc6sc7ccccc7c6n5)cccc34)nc12. The minimum absolute atomic E-state index is 0.813. The lowest BCUT2D eigenvalue weighted by molar-refractivity contribution is 0.668. The first-order chi connectivity index (χ1) is 19.3. The highest BCUT2D eigenvalue weighted by molar-refractivity contribution is 7.27. The third-order valence-electron chi connectivity index (χ3n) is 7.52. The van der Waals surface area contributed by atoms with Crippen LogP contribution < -0.4 is 0 Å². The predicted molar refractivity (Wildman–Crippen MR) is 166 cm³/mol. The molecule has 4 aromatic carbocycles. The van der Waals surface area contributed by atoms with Crippen molar-refractivity contribution in [3.05, 3.63) is 109 Å². The van der Waals surface area contributed by atoms with Crippen molar-refractivity contribution in [2.75, 3.05) is 0 Å². The summed E-state index contributed by atoms with van der Waals surface area (Å²) < 4.78 is 11.0. The number of fused-ring (bicyclic) bond motifs is 9. The topological polar surface area (TPSA) is 38.9 Å². The van der Waals surface area contributed by atoms with E-state index in [9.17, 15) is 0 Å². The average Bonchev–Trinajstić information content (AvgIpc) is 3.67. The maximum atomic E-state index is 6.03. The van der Waals surface area contributed by atoms with Crippen LogP contribution in [0.1, 0.15) is 0 Å². The highest BCUT2D eigenvalue weighted by Gasteiger charge is 2.17. The molecular formula is C34H18N2OS2. The summed E-state index contributed by atoms with van der Waals surface area (Å²) in [7, 11) is 0. The minimum Gasteiger partial charge on any atom is -0.454 e. The Bertz CT molecular complexity index is 2240. The van der Waals surface area contributed by atoms with Gasteiger partial charge in [-0.2, -0.15) is 0 Å². The molecule has 5 heteroatoms. The van der Waals surface area contributed by atoms with Crippen LogP contribution in [0.15, 0.2) is 114 Å². The van der Waals surface area contributed by atoms with Crippen LogP contribution in [-0.2, 0) is 0 Å². The van der Waals surface area contributed by atoms with E-state index in [4.69, 9.17) is 14.4 Å². The summed E-state index contributed by atoms with van der Waals surface area (Å²) >= 11 is 3.63. The molecule has 0 fully saturated rings. The van der Waals surface area contributed by atoms with Crippen LogP contribution in [0.25, 0.3) is 85.1 Å². The standard InChI is InChI=1S/C34H18N2OS2/c1-3-13-27-23(7-1)31-28(37-27)17-15-25(35-31)21-11-5-9-19-20-10-6-12-22(34(20)39-33(19)21)26-16-18-30-32(36-26)24-8-2-4-14-29(24)38-30/h1-18H. The van der Waals surface area contributed by atoms with Crippen LogP contribution in [0.4, 0.5) is 0 Å². The van der Waals surface area contributed by atoms with Gasteiger partial charge in [-0.15, -0.1) is 22.7 Å². The second-order valence-corrected chi connectivity index (χ2v) is 11.9. The molecule has 5 heterocycles. The van der Waals surface area contributed by atoms with Crippen LogP contribution in [0.5, 0.6) is 0 Å². The minimum atomic E-state index is 0.813. The van der Waals surface area contributed by atoms with Crippen molar-refractivity contribution in [3.63, 3.8) is 0 Å². The van der Waals surface area contributed by atoms with Gasteiger partial charge in [-0.3, -0.25) is 0 Å². The Hall–Kier alpha value is -4.58. The molecule has 0 bridgehead atoms. The van der Waals surface area contributed by atoms with E-state index < -0.39 is 0 Å². The van der Waals surface area contributed by atoms with Crippen molar-refractivity contribution < 1.29 is 4.42 Å². The summed E-state index contributed by atoms with van der Waals surface area (Å²) in [6, 6.07) is 38.2. The number of nitrogens with zero attached hydrogens (tertiary/aromatic N) is 2. The Labute approximate surface area is 230 Å². The second kappa shape index (κ2) is 7.96. The number of benzene rings is 4. The number of furan rings is 1. The molecule has 0 spiro atoms. The Balaban J connectivity index is 1.27. The Morgan fingerprint density at radius 2 is 1.08 bits per heavy atom. The summed E-state index contributed by atoms with van der Waals surface area (Å²) in [5.41, 5.74) is 7.93. The molecule has 0 unspecified atom stereocenters. The van der Waals surface area contributed by atoms with E-state index in [0.717, 1.165) is 44.5 Å². The van der Waals surface area contributed by atoms with Gasteiger partial charge in [0, 0.05) is 46.8 Å². The Morgan fingerprint density at radius 1 is 0.436 bits per heavy atom. The van der Waals surface area contributed by atoms with Crippen LogP contribution in [0.3, 0.4) is 0 Å². The van der Waals surface area contributed by atoms with Gasteiger partial charge in [-0.1, -0.05) is 66.7 Å². The first-order valence-electron chi connectivity index (χ1n) is 12.8. The van der Waals surface area contributed by atoms with Crippen molar-refractivity contribution in [2.45, 2.75) is 0 Å². The highest BCUT2D eigenvalue weighted by atomic mass is 32.1. The Morgan fingerprint density at radius 3 is 1.87 bits per heavy atom. The van der Waals surface area contributed by atoms with E-state index in [1.54, 1.807) is 11.3 Å². The molecule has 0 atom stereocenters. The Kier molecular flexibility index (Phi) is 4.36. The van der Waals surface area contributed by atoms with Gasteiger partial charge in [-0.05, 0) is 42.5 Å². The molecule has 39 heavy (non-hydrogen) atoms. The van der Waals surface area contributed by atoms with Crippen molar-refractivity contribution in [2.24, 2.45) is 0 Å². The summed E-state index contributed by atoms with van der Waals surface area (Å²) in [6.45, 7) is 0. The van der Waals surface area contributed by atoms with Crippen molar-refractivity contribution >= 4 is 85.2 Å². The molecule has 0 radical (unpaired) electrons. The smallest absolute Gasteiger partial charge is 0.153 e. The van der Waals surface area contributed by atoms with E-state index in [1.807, 2.05) is 35.6 Å². The number of pyridine rings is 2. The van der Waals surface area contributed by atoms with Crippen LogP contribution in [0.2, 0.25) is 0 Å². The number of para-hydroxylation sites is 1. The quantitative estimate of drug-likeness (QED) is 0.221. The number of thiophene rings is 2. The largest absolute Gasteiger partial charge is 0.454 e. The summed E-state index contributed by atoms with van der Waals surface area (Å²) in [5.74, 6) is 0. The number of aromatic nitrogens is 2. The molecule has 9 rings (SSSR count). The molecule has 0 saturated heterocycles. The zero-order valence-corrected chi connectivity index (χ0v) is 22.1. The van der Waals surface area contributed by atoms with E-state index >= 15 is 0 Å². The molecule has 0 aliphatic carbocycles. The zero-order chi connectivity index (χ0) is 25.5. The van der Waals surface area contributed by atoms with E-state index in [1.165, 1.54) is 40.5 Å². The van der Waals surface area contributed by atoms with Crippen molar-refractivity contribution in [1.29, 1.82) is 0 Å². The van der Waals surface area contributed by atoms with Gasteiger partial charge in [0.2, 0.25) is 0 Å². The third kappa shape index (κ3) is 3.08. The first-order valence-corrected chi connectivity index (χ1v) is 14.5. The van der Waals surface area contributed by atoms with Gasteiger partial charge >= 0.3 is 0 Å². The van der Waals surface area contributed by atoms with Crippen LogP contribution in [-0.4, -0.2) is 9.97 Å². The first kappa shape index (κ1) is 21.4. The molecule has 0 amide bonds. The van der Waals surface area contributed by atoms with Gasteiger partial charge in [0.25, 0.3) is 0 Å². The molecule has 182 valence electrons. The van der Waals surface area contributed by atoms with E-state index in [-0.39, 0.29) is 0 Å². The van der Waals surface area contributed by atoms with Crippen molar-refractivity contribution in [1.82, 2.24) is 9.97 Å². The van der Waals surface area contributed by atoms with Gasteiger partial charge in [0.15, 0.2) is 5.58 Å². The lowest BCUT2D eigenvalue weighted by Gasteiger charge is -2.03. The van der Waals surface area contributed by atoms with Gasteiger partial charge in [0.05, 0.1) is 21.6 Å². The predicted octanol–water partition coefficient (Wildman–Crippen LogP) is 10.4. The average molecular weight is 535 g/mol. The maximum Gasteiger partial charge on any atom is 0.153 e. The summed E-state index contributed by atoms with van der Waals surface area (Å²) in [4.78, 5) is 10.3. The number of hydrogen-bond donors (Lipinski definition) is 0. The normalized spacial score (nSPS) is 12.1. The molecule has 0 aliphatic heterocycles. The number of rotatable bonds is 2. The van der Waals surface area contributed by atoms with Crippen molar-refractivity contribution in [3.8, 4) is 22.5 Å². The molecule has 3 nitrogen and oxygen atoms in total. The zero-order valence-electron chi connectivity index (χ0n) is 20.5.